The van der Waals surface area contributed by atoms with Gasteiger partial charge in [0, 0.05) is 18.3 Å². The Hall–Kier alpha value is -3.58. The van der Waals surface area contributed by atoms with Gasteiger partial charge < -0.3 is 15.2 Å². The first-order valence-corrected chi connectivity index (χ1v) is 11.7. The van der Waals surface area contributed by atoms with E-state index >= 15 is 0 Å². The number of imidazole rings is 1. The van der Waals surface area contributed by atoms with Crippen molar-refractivity contribution in [3.8, 4) is 28.4 Å². The Morgan fingerprint density at radius 2 is 1.62 bits per heavy atom. The average molecular weight is 477 g/mol. The van der Waals surface area contributed by atoms with Crippen LogP contribution in [0.3, 0.4) is 0 Å². The highest BCUT2D eigenvalue weighted by atomic mass is 35.5. The lowest BCUT2D eigenvalue weighted by atomic mass is 9.87. The zero-order valence-corrected chi connectivity index (χ0v) is 19.5. The van der Waals surface area contributed by atoms with E-state index in [1.54, 1.807) is 6.07 Å². The molecule has 1 aliphatic rings. The van der Waals surface area contributed by atoms with Gasteiger partial charge in [0.1, 0.15) is 11.6 Å². The molecular formula is C26H25ClN4O3. The van der Waals surface area contributed by atoms with Crippen molar-refractivity contribution in [1.82, 2.24) is 15.0 Å². The van der Waals surface area contributed by atoms with Crippen molar-refractivity contribution in [2.24, 2.45) is 5.92 Å². The summed E-state index contributed by atoms with van der Waals surface area (Å²) in [6.07, 6.45) is 2.56. The Morgan fingerprint density at radius 3 is 2.24 bits per heavy atom. The highest BCUT2D eigenvalue weighted by Gasteiger charge is 2.27. The number of nitrogens with zero attached hydrogens (tertiary/aromatic N) is 2. The van der Waals surface area contributed by atoms with E-state index in [0.29, 0.717) is 53.6 Å². The van der Waals surface area contributed by atoms with E-state index in [1.807, 2.05) is 31.3 Å². The number of fused-ring (bicyclic) bond motifs is 1. The average Bonchev–Trinajstić information content (AvgIpc) is 3.25. The molecule has 0 spiro atoms. The van der Waals surface area contributed by atoms with Crippen LogP contribution in [0.2, 0.25) is 5.02 Å². The molecular weight excluding hydrogens is 452 g/mol. The maximum Gasteiger partial charge on any atom is 0.306 e. The quantitative estimate of drug-likeness (QED) is 0.315. The van der Waals surface area contributed by atoms with Crippen LogP contribution >= 0.6 is 11.6 Å². The van der Waals surface area contributed by atoms with Crippen LogP contribution in [0.15, 0.2) is 54.6 Å². The fourth-order valence-corrected chi connectivity index (χ4v) is 4.64. The lowest BCUT2D eigenvalue weighted by Gasteiger charge is -2.25. The number of carboxylic acid groups (broad SMARTS) is 1. The van der Waals surface area contributed by atoms with E-state index in [2.05, 4.69) is 39.6 Å². The molecule has 0 saturated heterocycles. The van der Waals surface area contributed by atoms with Crippen LogP contribution in [0.4, 0.5) is 5.69 Å². The minimum Gasteiger partial charge on any atom is -0.481 e. The molecule has 4 aromatic rings. The highest BCUT2D eigenvalue weighted by molar-refractivity contribution is 6.33. The van der Waals surface area contributed by atoms with Crippen LogP contribution in [0.5, 0.6) is 6.01 Å². The molecule has 0 aliphatic heterocycles. The van der Waals surface area contributed by atoms with Crippen LogP contribution in [0, 0.1) is 5.92 Å². The third-order valence-corrected chi connectivity index (χ3v) is 6.66. The fourth-order valence-electron chi connectivity index (χ4n) is 4.39. The van der Waals surface area contributed by atoms with Crippen LogP contribution in [0.25, 0.3) is 33.5 Å². The van der Waals surface area contributed by atoms with E-state index in [4.69, 9.17) is 26.4 Å². The Morgan fingerprint density at radius 1 is 1.00 bits per heavy atom. The van der Waals surface area contributed by atoms with Gasteiger partial charge in [-0.25, -0.2) is 4.98 Å². The normalized spacial score (nSPS) is 18.1. The summed E-state index contributed by atoms with van der Waals surface area (Å²) in [5.41, 5.74) is 6.12. The summed E-state index contributed by atoms with van der Waals surface area (Å²) in [6, 6.07) is 18.6. The molecule has 0 unspecified atom stereocenters. The second kappa shape index (κ2) is 9.35. The van der Waals surface area contributed by atoms with Gasteiger partial charge in [-0.3, -0.25) is 9.78 Å². The number of rotatable bonds is 6. The summed E-state index contributed by atoms with van der Waals surface area (Å²) in [4.78, 5) is 23.5. The molecule has 8 heteroatoms. The molecule has 3 N–H and O–H groups in total. The topological polar surface area (TPSA) is 100 Å². The molecule has 1 saturated carbocycles. The third kappa shape index (κ3) is 4.56. The first kappa shape index (κ1) is 22.2. The van der Waals surface area contributed by atoms with Gasteiger partial charge in [0.2, 0.25) is 0 Å². The van der Waals surface area contributed by atoms with Gasteiger partial charge in [0.25, 0.3) is 6.01 Å². The molecule has 1 fully saturated rings. The van der Waals surface area contributed by atoms with Gasteiger partial charge in [0.05, 0.1) is 16.6 Å². The number of hydrogen-bond acceptors (Lipinski definition) is 5. The van der Waals surface area contributed by atoms with Gasteiger partial charge in [-0.1, -0.05) is 48.0 Å². The summed E-state index contributed by atoms with van der Waals surface area (Å²) < 4.78 is 5.99. The lowest BCUT2D eigenvalue weighted by Crippen LogP contribution is -2.28. The fraction of sp³-hybridized carbons (Fsp3) is 0.269. The number of pyridine rings is 1. The third-order valence-electron chi connectivity index (χ3n) is 6.37. The molecule has 2 aromatic carbocycles. The number of benzene rings is 2. The van der Waals surface area contributed by atoms with E-state index in [1.165, 1.54) is 0 Å². The first-order valence-electron chi connectivity index (χ1n) is 11.3. The second-order valence-corrected chi connectivity index (χ2v) is 8.97. The van der Waals surface area contributed by atoms with Crippen molar-refractivity contribution in [2.45, 2.75) is 31.8 Å². The zero-order chi connectivity index (χ0) is 23.7. The molecule has 2 aromatic heterocycles. The number of anilines is 1. The number of aromatic amines is 1. The maximum atomic E-state index is 11.1. The van der Waals surface area contributed by atoms with E-state index in [9.17, 15) is 4.79 Å². The number of carbonyl (C=O) groups is 1. The second-order valence-electron chi connectivity index (χ2n) is 8.56. The van der Waals surface area contributed by atoms with Crippen molar-refractivity contribution in [1.29, 1.82) is 0 Å². The monoisotopic (exact) mass is 476 g/mol. The minimum absolute atomic E-state index is 0.0548. The Kier molecular flexibility index (Phi) is 6.11. The number of hydrogen-bond donors (Lipinski definition) is 3. The summed E-state index contributed by atoms with van der Waals surface area (Å²) >= 11 is 6.55. The van der Waals surface area contributed by atoms with Gasteiger partial charge in [0.15, 0.2) is 5.65 Å². The van der Waals surface area contributed by atoms with Crippen molar-refractivity contribution in [2.75, 3.05) is 12.4 Å². The van der Waals surface area contributed by atoms with Crippen molar-refractivity contribution in [3.05, 3.63) is 59.6 Å². The summed E-state index contributed by atoms with van der Waals surface area (Å²) in [5.74, 6) is -1.01. The van der Waals surface area contributed by atoms with Crippen LogP contribution in [-0.4, -0.2) is 39.2 Å². The zero-order valence-electron chi connectivity index (χ0n) is 18.7. The molecule has 0 atom stereocenters. The molecule has 0 bridgehead atoms. The Balaban J connectivity index is 1.34. The van der Waals surface area contributed by atoms with Crippen LogP contribution in [-0.2, 0) is 4.79 Å². The molecule has 5 rings (SSSR count). The van der Waals surface area contributed by atoms with Crippen LogP contribution in [0.1, 0.15) is 25.7 Å². The SMILES string of the molecule is CNc1ccc(-c2ccc(-c3nc4[nH]c(O[C@H]5CC[C@H](C(=O)O)CC5)nc4cc3Cl)cc2)cc1. The molecule has 0 amide bonds. The summed E-state index contributed by atoms with van der Waals surface area (Å²) in [5, 5.41) is 12.8. The predicted molar refractivity (Wildman–Crippen MR) is 133 cm³/mol. The molecule has 1 aliphatic carbocycles. The lowest BCUT2D eigenvalue weighted by molar-refractivity contribution is -0.143. The van der Waals surface area contributed by atoms with E-state index in [0.717, 1.165) is 22.4 Å². The standard InChI is InChI=1S/C26H25ClN4O3/c1-28-19-10-6-16(7-11-19)15-2-4-17(5-3-15)23-21(27)14-22-24(30-23)31-26(29-22)34-20-12-8-18(9-13-20)25(32)33/h2-7,10-11,14,18,20,28H,8-9,12-13H2,1H3,(H,32,33)(H,29,30,31)/t18-,20-. The van der Waals surface area contributed by atoms with E-state index < -0.39 is 5.97 Å². The molecule has 0 radical (unpaired) electrons. The van der Waals surface area contributed by atoms with Gasteiger partial charge >= 0.3 is 5.97 Å². The van der Waals surface area contributed by atoms with Crippen molar-refractivity contribution in [3.63, 3.8) is 0 Å². The number of H-pyrrole nitrogens is 1. The largest absolute Gasteiger partial charge is 0.481 e. The Labute approximate surface area is 202 Å². The van der Waals surface area contributed by atoms with Gasteiger partial charge in [-0.15, -0.1) is 0 Å². The summed E-state index contributed by atoms with van der Waals surface area (Å²) in [6.45, 7) is 0. The van der Waals surface area contributed by atoms with Gasteiger partial charge in [-0.2, -0.15) is 4.98 Å². The number of ether oxygens (including phenoxy) is 1. The number of carboxylic acids is 1. The minimum atomic E-state index is -0.728. The Bertz CT molecular complexity index is 1310. The summed E-state index contributed by atoms with van der Waals surface area (Å²) in [7, 11) is 1.90. The number of halogens is 1. The van der Waals surface area contributed by atoms with Gasteiger partial charge in [-0.05, 0) is 55.0 Å². The maximum absolute atomic E-state index is 11.1. The highest BCUT2D eigenvalue weighted by Crippen LogP contribution is 2.32. The number of aliphatic carboxylic acids is 1. The predicted octanol–water partition coefficient (Wildman–Crippen LogP) is 6.01. The first-order chi connectivity index (χ1) is 16.5. The van der Waals surface area contributed by atoms with E-state index in [-0.39, 0.29) is 12.0 Å². The molecule has 7 nitrogen and oxygen atoms in total. The molecule has 34 heavy (non-hydrogen) atoms. The molecule has 174 valence electrons. The van der Waals surface area contributed by atoms with Crippen molar-refractivity contribution < 1.29 is 14.6 Å². The molecule has 2 heterocycles. The van der Waals surface area contributed by atoms with Crippen molar-refractivity contribution >= 4 is 34.4 Å². The number of aromatic nitrogens is 3. The van der Waals surface area contributed by atoms with Crippen LogP contribution < -0.4 is 10.1 Å². The number of nitrogens with one attached hydrogen (secondary N) is 2. The smallest absolute Gasteiger partial charge is 0.306 e.